The molecule has 9 heteroatoms. The zero-order chi connectivity index (χ0) is 22.6. The molecular formula is C23H30N4O4S. The van der Waals surface area contributed by atoms with Crippen molar-refractivity contribution in [3.8, 4) is 5.75 Å². The van der Waals surface area contributed by atoms with Crippen LogP contribution in [0, 0.1) is 0 Å². The van der Waals surface area contributed by atoms with E-state index in [2.05, 4.69) is 9.88 Å². The van der Waals surface area contributed by atoms with E-state index in [0.29, 0.717) is 32.4 Å². The Bertz CT molecular complexity index is 911. The van der Waals surface area contributed by atoms with Gasteiger partial charge in [0.15, 0.2) is 0 Å². The molecule has 3 heterocycles. The van der Waals surface area contributed by atoms with Crippen LogP contribution in [-0.2, 0) is 22.6 Å². The van der Waals surface area contributed by atoms with Gasteiger partial charge in [0.2, 0.25) is 0 Å². The average Bonchev–Trinajstić information content (AvgIpc) is 3.39. The summed E-state index contributed by atoms with van der Waals surface area (Å²) in [5.41, 5.74) is 0.138. The van der Waals surface area contributed by atoms with E-state index < -0.39 is 5.54 Å². The van der Waals surface area contributed by atoms with Crippen LogP contribution in [0.3, 0.4) is 0 Å². The van der Waals surface area contributed by atoms with E-state index >= 15 is 0 Å². The van der Waals surface area contributed by atoms with Crippen LogP contribution in [0.4, 0.5) is 4.79 Å². The number of carbonyl (C=O) groups is 2. The quantitative estimate of drug-likeness (QED) is 0.425. The van der Waals surface area contributed by atoms with Crippen molar-refractivity contribution >= 4 is 23.3 Å². The zero-order valence-electron chi connectivity index (χ0n) is 18.7. The molecule has 2 fully saturated rings. The molecule has 2 aliphatic rings. The van der Waals surface area contributed by atoms with Gasteiger partial charge in [-0.05, 0) is 37.0 Å². The minimum atomic E-state index is -0.767. The average molecular weight is 459 g/mol. The molecule has 0 aliphatic carbocycles. The van der Waals surface area contributed by atoms with Crippen LogP contribution < -0.4 is 4.74 Å². The fraction of sp³-hybridized carbons (Fsp3) is 0.522. The van der Waals surface area contributed by atoms with Gasteiger partial charge >= 0.3 is 6.03 Å². The first kappa shape index (κ1) is 22.7. The fourth-order valence-electron chi connectivity index (χ4n) is 4.60. The molecule has 2 saturated heterocycles. The Hall–Kier alpha value is -2.49. The highest BCUT2D eigenvalue weighted by atomic mass is 32.1. The van der Waals surface area contributed by atoms with Crippen LogP contribution in [0.2, 0.25) is 0 Å². The van der Waals surface area contributed by atoms with Gasteiger partial charge in [0.1, 0.15) is 16.3 Å². The molecule has 2 aromatic rings. The Labute approximate surface area is 192 Å². The second-order valence-electron chi connectivity index (χ2n) is 8.25. The first-order valence-electron chi connectivity index (χ1n) is 10.9. The maximum Gasteiger partial charge on any atom is 0.327 e. The molecule has 1 spiro atoms. The predicted octanol–water partition coefficient (Wildman–Crippen LogP) is 2.99. The standard InChI is InChI=1S/C23H30N4O4S/c1-30-14-3-11-27-22(29)26(16-18-4-6-19(31-2)7-5-18)21(28)23(27)8-12-25(13-9-23)17-20-24-10-15-32-20/h4-7,10,15H,3,8-9,11-14,16-17H2,1-2H3. The van der Waals surface area contributed by atoms with E-state index in [0.717, 1.165) is 36.0 Å². The predicted molar refractivity (Wildman–Crippen MR) is 121 cm³/mol. The summed E-state index contributed by atoms with van der Waals surface area (Å²) in [6.45, 7) is 3.65. The van der Waals surface area contributed by atoms with Crippen molar-refractivity contribution < 1.29 is 19.1 Å². The minimum Gasteiger partial charge on any atom is -0.497 e. The number of methoxy groups -OCH3 is 2. The van der Waals surface area contributed by atoms with Gasteiger partial charge < -0.3 is 14.4 Å². The third kappa shape index (κ3) is 4.51. The summed E-state index contributed by atoms with van der Waals surface area (Å²) in [5.74, 6) is 0.669. The number of ether oxygens (including phenoxy) is 2. The summed E-state index contributed by atoms with van der Waals surface area (Å²) in [5, 5.41) is 3.06. The van der Waals surface area contributed by atoms with E-state index in [9.17, 15) is 9.59 Å². The second-order valence-corrected chi connectivity index (χ2v) is 9.23. The topological polar surface area (TPSA) is 75.2 Å². The molecule has 1 aromatic carbocycles. The highest BCUT2D eigenvalue weighted by Gasteiger charge is 2.57. The van der Waals surface area contributed by atoms with Crippen LogP contribution in [-0.4, -0.2) is 77.6 Å². The number of amides is 3. The van der Waals surface area contributed by atoms with Gasteiger partial charge in [0, 0.05) is 44.9 Å². The number of likely N-dealkylation sites (tertiary alicyclic amines) is 1. The van der Waals surface area contributed by atoms with E-state index in [1.165, 1.54) is 4.90 Å². The van der Waals surface area contributed by atoms with Crippen LogP contribution in [0.25, 0.3) is 0 Å². The van der Waals surface area contributed by atoms with Gasteiger partial charge in [-0.2, -0.15) is 0 Å². The molecule has 2 aliphatic heterocycles. The number of imide groups is 1. The molecule has 0 saturated carbocycles. The van der Waals surface area contributed by atoms with Crippen molar-refractivity contribution in [2.75, 3.05) is 40.5 Å². The van der Waals surface area contributed by atoms with Gasteiger partial charge in [-0.15, -0.1) is 11.3 Å². The summed E-state index contributed by atoms with van der Waals surface area (Å²) < 4.78 is 10.4. The fourth-order valence-corrected chi connectivity index (χ4v) is 5.26. The van der Waals surface area contributed by atoms with Crippen molar-refractivity contribution in [2.45, 2.75) is 37.9 Å². The van der Waals surface area contributed by atoms with Gasteiger partial charge in [0.05, 0.1) is 20.2 Å². The van der Waals surface area contributed by atoms with E-state index in [1.54, 1.807) is 30.5 Å². The summed E-state index contributed by atoms with van der Waals surface area (Å²) in [6, 6.07) is 7.30. The lowest BCUT2D eigenvalue weighted by molar-refractivity contribution is -0.136. The third-order valence-electron chi connectivity index (χ3n) is 6.38. The lowest BCUT2D eigenvalue weighted by atomic mass is 9.85. The number of piperidine rings is 1. The molecule has 172 valence electrons. The van der Waals surface area contributed by atoms with Gasteiger partial charge in [-0.1, -0.05) is 12.1 Å². The second kappa shape index (κ2) is 9.97. The van der Waals surface area contributed by atoms with E-state index in [1.807, 2.05) is 35.8 Å². The summed E-state index contributed by atoms with van der Waals surface area (Å²) in [4.78, 5) is 37.0. The smallest absolute Gasteiger partial charge is 0.327 e. The summed E-state index contributed by atoms with van der Waals surface area (Å²) >= 11 is 1.64. The maximum atomic E-state index is 13.7. The number of carbonyl (C=O) groups excluding carboxylic acids is 2. The van der Waals surface area contributed by atoms with Gasteiger partial charge in [-0.25, -0.2) is 9.78 Å². The lowest BCUT2D eigenvalue weighted by Crippen LogP contribution is -2.56. The minimum absolute atomic E-state index is 0.0790. The van der Waals surface area contributed by atoms with Crippen molar-refractivity contribution in [3.05, 3.63) is 46.4 Å². The Balaban J connectivity index is 1.50. The SMILES string of the molecule is COCCCN1C(=O)N(Cc2ccc(OC)cc2)C(=O)C12CCN(Cc1nccs1)CC2. The van der Waals surface area contributed by atoms with E-state index in [-0.39, 0.29) is 18.5 Å². The number of aromatic nitrogens is 1. The molecule has 4 rings (SSSR count). The van der Waals surface area contributed by atoms with Crippen molar-refractivity contribution in [1.82, 2.24) is 19.7 Å². The van der Waals surface area contributed by atoms with Crippen LogP contribution in [0.5, 0.6) is 5.75 Å². The molecule has 0 N–H and O–H groups in total. The number of nitrogens with zero attached hydrogens (tertiary/aromatic N) is 4. The van der Waals surface area contributed by atoms with Gasteiger partial charge in [0.25, 0.3) is 5.91 Å². The molecule has 1 aromatic heterocycles. The van der Waals surface area contributed by atoms with Crippen LogP contribution in [0.1, 0.15) is 29.8 Å². The maximum absolute atomic E-state index is 13.7. The Morgan fingerprint density at radius 1 is 1.09 bits per heavy atom. The number of urea groups is 1. The molecule has 3 amide bonds. The lowest BCUT2D eigenvalue weighted by Gasteiger charge is -2.42. The van der Waals surface area contributed by atoms with Crippen LogP contribution in [0.15, 0.2) is 35.8 Å². The zero-order valence-corrected chi connectivity index (χ0v) is 19.5. The normalized spacial score (nSPS) is 18.7. The molecular weight excluding hydrogens is 428 g/mol. The Morgan fingerprint density at radius 3 is 2.47 bits per heavy atom. The van der Waals surface area contributed by atoms with Crippen molar-refractivity contribution in [1.29, 1.82) is 0 Å². The largest absolute Gasteiger partial charge is 0.497 e. The number of rotatable bonds is 9. The number of hydrogen-bond acceptors (Lipinski definition) is 7. The molecule has 0 bridgehead atoms. The first-order valence-corrected chi connectivity index (χ1v) is 11.8. The highest BCUT2D eigenvalue weighted by Crippen LogP contribution is 2.38. The van der Waals surface area contributed by atoms with Crippen LogP contribution >= 0.6 is 11.3 Å². The molecule has 0 atom stereocenters. The number of benzene rings is 1. The third-order valence-corrected chi connectivity index (χ3v) is 7.14. The van der Waals surface area contributed by atoms with Gasteiger partial charge in [-0.3, -0.25) is 14.6 Å². The molecule has 32 heavy (non-hydrogen) atoms. The van der Waals surface area contributed by atoms with Crippen molar-refractivity contribution in [2.24, 2.45) is 0 Å². The highest BCUT2D eigenvalue weighted by molar-refractivity contribution is 7.09. The van der Waals surface area contributed by atoms with Crippen molar-refractivity contribution in [3.63, 3.8) is 0 Å². The molecule has 8 nitrogen and oxygen atoms in total. The Morgan fingerprint density at radius 2 is 1.84 bits per heavy atom. The molecule has 0 radical (unpaired) electrons. The summed E-state index contributed by atoms with van der Waals surface area (Å²) in [7, 11) is 3.27. The van der Waals surface area contributed by atoms with E-state index in [4.69, 9.17) is 9.47 Å². The summed E-state index contributed by atoms with van der Waals surface area (Å²) in [6.07, 6.45) is 3.79. The first-order chi connectivity index (χ1) is 15.6. The number of thiazole rings is 1. The Kier molecular flexibility index (Phi) is 7.07. The monoisotopic (exact) mass is 458 g/mol. The number of hydrogen-bond donors (Lipinski definition) is 0. The molecule has 0 unspecified atom stereocenters.